The summed E-state index contributed by atoms with van der Waals surface area (Å²) >= 11 is 9.42. The van der Waals surface area contributed by atoms with Gasteiger partial charge in [-0.05, 0) is 72.2 Å². The summed E-state index contributed by atoms with van der Waals surface area (Å²) in [7, 11) is 1.84. The van der Waals surface area contributed by atoms with Gasteiger partial charge >= 0.3 is 6.03 Å². The van der Waals surface area contributed by atoms with Gasteiger partial charge in [-0.15, -0.1) is 0 Å². The molecule has 30 heavy (non-hydrogen) atoms. The van der Waals surface area contributed by atoms with E-state index in [1.165, 1.54) is 0 Å². The number of carbonyl (C=O) groups is 1. The van der Waals surface area contributed by atoms with Crippen molar-refractivity contribution in [2.75, 3.05) is 17.2 Å². The lowest BCUT2D eigenvalue weighted by molar-refractivity contribution is 0.119. The molecule has 0 aliphatic heterocycles. The standard InChI is InChI=1S/C21H23BrClN5O2/c1-21(2,12-24)30-18-9-8-15(10-16(18)19-17(22)11-25-28(19)3)27-20(29)26-14-6-4-13(23)5-7-14/h4-11H,12,24H2,1-3H3,(H2,26,27,29). The predicted octanol–water partition coefficient (Wildman–Crippen LogP) is 5.26. The first-order valence-corrected chi connectivity index (χ1v) is 10.4. The molecule has 1 heterocycles. The number of nitrogens with zero attached hydrogens (tertiary/aromatic N) is 2. The van der Waals surface area contributed by atoms with Gasteiger partial charge in [0.15, 0.2) is 0 Å². The Hall–Kier alpha value is -2.55. The summed E-state index contributed by atoms with van der Waals surface area (Å²) in [6.07, 6.45) is 1.71. The van der Waals surface area contributed by atoms with Gasteiger partial charge in [-0.3, -0.25) is 4.68 Å². The predicted molar refractivity (Wildman–Crippen MR) is 124 cm³/mol. The highest BCUT2D eigenvalue weighted by Gasteiger charge is 2.22. The number of rotatable bonds is 6. The van der Waals surface area contributed by atoms with Gasteiger partial charge < -0.3 is 21.1 Å². The van der Waals surface area contributed by atoms with E-state index in [-0.39, 0.29) is 6.03 Å². The monoisotopic (exact) mass is 491 g/mol. The smallest absolute Gasteiger partial charge is 0.323 e. The van der Waals surface area contributed by atoms with E-state index in [0.717, 1.165) is 15.7 Å². The Morgan fingerprint density at radius 1 is 1.20 bits per heavy atom. The number of carbonyl (C=O) groups excluding carboxylic acids is 1. The van der Waals surface area contributed by atoms with Gasteiger partial charge in [0.25, 0.3) is 0 Å². The van der Waals surface area contributed by atoms with Crippen molar-refractivity contribution in [3.8, 4) is 17.0 Å². The minimum absolute atomic E-state index is 0.350. The summed E-state index contributed by atoms with van der Waals surface area (Å²) < 4.78 is 8.70. The molecule has 2 amide bonds. The molecule has 0 spiro atoms. The lowest BCUT2D eigenvalue weighted by Crippen LogP contribution is -2.37. The maximum atomic E-state index is 12.4. The van der Waals surface area contributed by atoms with Gasteiger partial charge in [0.2, 0.25) is 0 Å². The first-order chi connectivity index (χ1) is 14.2. The van der Waals surface area contributed by atoms with Crippen LogP contribution in [0.2, 0.25) is 5.02 Å². The molecule has 0 radical (unpaired) electrons. The average Bonchev–Trinajstić information content (AvgIpc) is 3.03. The number of nitrogens with two attached hydrogens (primary N) is 1. The van der Waals surface area contributed by atoms with E-state index in [2.05, 4.69) is 31.7 Å². The van der Waals surface area contributed by atoms with Crippen molar-refractivity contribution in [3.05, 3.63) is 58.2 Å². The van der Waals surface area contributed by atoms with Crippen molar-refractivity contribution < 1.29 is 9.53 Å². The fourth-order valence-corrected chi connectivity index (χ4v) is 3.45. The highest BCUT2D eigenvalue weighted by atomic mass is 79.9. The van der Waals surface area contributed by atoms with Gasteiger partial charge in [0.1, 0.15) is 11.4 Å². The summed E-state index contributed by atoms with van der Waals surface area (Å²) in [6, 6.07) is 11.9. The van der Waals surface area contributed by atoms with Gasteiger partial charge in [-0.25, -0.2) is 4.79 Å². The lowest BCUT2D eigenvalue weighted by atomic mass is 10.1. The molecule has 0 unspecified atom stereocenters. The van der Waals surface area contributed by atoms with Crippen LogP contribution in [0.4, 0.5) is 16.2 Å². The number of aromatic nitrogens is 2. The third-order valence-corrected chi connectivity index (χ3v) is 5.20. The van der Waals surface area contributed by atoms with Crippen molar-refractivity contribution >= 4 is 44.9 Å². The van der Waals surface area contributed by atoms with Crippen molar-refractivity contribution in [3.63, 3.8) is 0 Å². The molecule has 0 aliphatic rings. The lowest BCUT2D eigenvalue weighted by Gasteiger charge is -2.26. The van der Waals surface area contributed by atoms with Gasteiger partial charge in [-0.1, -0.05) is 11.6 Å². The molecule has 0 aliphatic carbocycles. The van der Waals surface area contributed by atoms with Crippen LogP contribution in [-0.2, 0) is 7.05 Å². The van der Waals surface area contributed by atoms with Crippen LogP contribution < -0.4 is 21.1 Å². The van der Waals surface area contributed by atoms with Gasteiger partial charge in [0, 0.05) is 35.6 Å². The number of nitrogens with one attached hydrogen (secondary N) is 2. The third-order valence-electron chi connectivity index (χ3n) is 4.37. The van der Waals surface area contributed by atoms with Crippen molar-refractivity contribution in [1.82, 2.24) is 9.78 Å². The molecule has 0 atom stereocenters. The SMILES string of the molecule is Cn1ncc(Br)c1-c1cc(NC(=O)Nc2ccc(Cl)cc2)ccc1OC(C)(C)CN. The Morgan fingerprint density at radius 2 is 1.83 bits per heavy atom. The molecule has 0 saturated heterocycles. The quantitative estimate of drug-likeness (QED) is 0.437. The van der Waals surface area contributed by atoms with E-state index >= 15 is 0 Å². The van der Waals surface area contributed by atoms with Crippen LogP contribution in [0.1, 0.15) is 13.8 Å². The van der Waals surface area contributed by atoms with E-state index in [1.54, 1.807) is 41.2 Å². The van der Waals surface area contributed by atoms with E-state index in [4.69, 9.17) is 22.1 Å². The number of urea groups is 1. The highest BCUT2D eigenvalue weighted by molar-refractivity contribution is 9.10. The molecule has 0 fully saturated rings. The molecule has 3 aromatic rings. The molecule has 0 saturated carbocycles. The molecule has 9 heteroatoms. The number of hydrogen-bond acceptors (Lipinski definition) is 4. The maximum absolute atomic E-state index is 12.4. The number of benzene rings is 2. The fourth-order valence-electron chi connectivity index (χ4n) is 2.76. The second-order valence-electron chi connectivity index (χ2n) is 7.33. The number of hydrogen-bond donors (Lipinski definition) is 3. The zero-order chi connectivity index (χ0) is 21.9. The minimum Gasteiger partial charge on any atom is -0.486 e. The van der Waals surface area contributed by atoms with Crippen LogP contribution in [0.5, 0.6) is 5.75 Å². The largest absolute Gasteiger partial charge is 0.486 e. The number of amides is 2. The van der Waals surface area contributed by atoms with Gasteiger partial charge in [-0.2, -0.15) is 5.10 Å². The zero-order valence-electron chi connectivity index (χ0n) is 16.9. The molecule has 1 aromatic heterocycles. The van der Waals surface area contributed by atoms with Crippen LogP contribution in [-0.4, -0.2) is 28.0 Å². The van der Waals surface area contributed by atoms with E-state index in [0.29, 0.717) is 28.7 Å². The van der Waals surface area contributed by atoms with Gasteiger partial charge in [0.05, 0.1) is 16.4 Å². The second kappa shape index (κ2) is 9.07. The Balaban J connectivity index is 1.90. The molecule has 158 valence electrons. The third kappa shape index (κ3) is 5.33. The Kier molecular flexibility index (Phi) is 6.70. The zero-order valence-corrected chi connectivity index (χ0v) is 19.2. The van der Waals surface area contributed by atoms with Crippen LogP contribution in [0.3, 0.4) is 0 Å². The second-order valence-corrected chi connectivity index (χ2v) is 8.62. The molecule has 7 nitrogen and oxygen atoms in total. The van der Waals surface area contributed by atoms with Crippen LogP contribution in [0.15, 0.2) is 53.1 Å². The van der Waals surface area contributed by atoms with Crippen molar-refractivity contribution in [2.45, 2.75) is 19.4 Å². The van der Waals surface area contributed by atoms with Crippen molar-refractivity contribution in [1.29, 1.82) is 0 Å². The van der Waals surface area contributed by atoms with Crippen LogP contribution in [0.25, 0.3) is 11.3 Å². The summed E-state index contributed by atoms with van der Waals surface area (Å²) in [6.45, 7) is 4.18. The Bertz CT molecular complexity index is 1030. The number of halogens is 2. The molecular formula is C21H23BrClN5O2. The summed E-state index contributed by atoms with van der Waals surface area (Å²) in [5.74, 6) is 0.637. The summed E-state index contributed by atoms with van der Waals surface area (Å²) in [5, 5.41) is 10.5. The molecule has 3 rings (SSSR count). The topological polar surface area (TPSA) is 94.2 Å². The van der Waals surface area contributed by atoms with Crippen LogP contribution >= 0.6 is 27.5 Å². The number of ether oxygens (including phenoxy) is 1. The summed E-state index contributed by atoms with van der Waals surface area (Å²) in [5.41, 5.74) is 8.11. The molecule has 2 aromatic carbocycles. The highest BCUT2D eigenvalue weighted by Crippen LogP contribution is 2.38. The van der Waals surface area contributed by atoms with Crippen LogP contribution in [0, 0.1) is 0 Å². The van der Waals surface area contributed by atoms with Crippen molar-refractivity contribution in [2.24, 2.45) is 12.8 Å². The molecule has 4 N–H and O–H groups in total. The molecular weight excluding hydrogens is 470 g/mol. The minimum atomic E-state index is -0.555. The Morgan fingerprint density at radius 3 is 2.43 bits per heavy atom. The maximum Gasteiger partial charge on any atom is 0.323 e. The van der Waals surface area contributed by atoms with E-state index in [1.807, 2.05) is 33.0 Å². The number of aryl methyl sites for hydroxylation is 1. The first kappa shape index (κ1) is 22.1. The van der Waals surface area contributed by atoms with E-state index < -0.39 is 5.60 Å². The molecule has 0 bridgehead atoms. The number of anilines is 2. The van der Waals surface area contributed by atoms with E-state index in [9.17, 15) is 4.79 Å². The normalized spacial score (nSPS) is 11.3. The Labute approximate surface area is 188 Å². The fraction of sp³-hybridized carbons (Fsp3) is 0.238. The first-order valence-electron chi connectivity index (χ1n) is 9.23. The average molecular weight is 493 g/mol. The summed E-state index contributed by atoms with van der Waals surface area (Å²) in [4.78, 5) is 12.4.